The first-order chi connectivity index (χ1) is 19.0. The summed E-state index contributed by atoms with van der Waals surface area (Å²) in [7, 11) is 1.31. The van der Waals surface area contributed by atoms with Crippen LogP contribution in [0.5, 0.6) is 0 Å². The lowest BCUT2D eigenvalue weighted by atomic mass is 10.00. The van der Waals surface area contributed by atoms with Gasteiger partial charge < -0.3 is 15.3 Å². The van der Waals surface area contributed by atoms with Crippen molar-refractivity contribution in [3.8, 4) is 16.8 Å². The Morgan fingerprint density at radius 1 is 1.05 bits per heavy atom. The number of nitrogens with zero attached hydrogens (tertiary/aromatic N) is 5. The van der Waals surface area contributed by atoms with Crippen LogP contribution in [0.15, 0.2) is 97.5 Å². The Kier molecular flexibility index (Phi) is 7.65. The van der Waals surface area contributed by atoms with Crippen LogP contribution in [0.2, 0.25) is 5.02 Å². The van der Waals surface area contributed by atoms with Crippen molar-refractivity contribution in [3.63, 3.8) is 0 Å². The Morgan fingerprint density at radius 2 is 1.82 bits per heavy atom. The van der Waals surface area contributed by atoms with E-state index in [0.29, 0.717) is 39.6 Å². The molecule has 10 nitrogen and oxygen atoms in total. The van der Waals surface area contributed by atoms with Crippen LogP contribution in [-0.4, -0.2) is 33.4 Å². The van der Waals surface area contributed by atoms with E-state index >= 15 is 0 Å². The SMILES string of the molecule is COC(=O)Nc1ccc(N[C@@H](Cc2ccccc2)c2ccc(-c3cc(Cl)ccc3-n3cnnn3)c[n+]2[O-])cc1. The zero-order chi connectivity index (χ0) is 27.2. The van der Waals surface area contributed by atoms with Gasteiger partial charge in [0.25, 0.3) is 0 Å². The van der Waals surface area contributed by atoms with Crippen LogP contribution >= 0.6 is 11.6 Å². The van der Waals surface area contributed by atoms with Crippen molar-refractivity contribution in [2.75, 3.05) is 17.7 Å². The maximum atomic E-state index is 13.5. The van der Waals surface area contributed by atoms with Gasteiger partial charge in [-0.15, -0.1) is 5.10 Å². The summed E-state index contributed by atoms with van der Waals surface area (Å²) >= 11 is 6.29. The number of carbonyl (C=O) groups excluding carboxylic acids is 1. The zero-order valence-corrected chi connectivity index (χ0v) is 21.6. The number of benzene rings is 3. The summed E-state index contributed by atoms with van der Waals surface area (Å²) in [6, 6.07) is 25.8. The van der Waals surface area contributed by atoms with E-state index in [9.17, 15) is 10.0 Å². The van der Waals surface area contributed by atoms with E-state index in [2.05, 4.69) is 30.9 Å². The number of carbonyl (C=O) groups is 1. The van der Waals surface area contributed by atoms with Gasteiger partial charge in [0.2, 0.25) is 5.69 Å². The number of methoxy groups -OCH3 is 1. The van der Waals surface area contributed by atoms with E-state index in [1.165, 1.54) is 24.3 Å². The Morgan fingerprint density at radius 3 is 2.51 bits per heavy atom. The molecule has 0 spiro atoms. The van der Waals surface area contributed by atoms with Crippen LogP contribution in [0.1, 0.15) is 17.3 Å². The highest BCUT2D eigenvalue weighted by atomic mass is 35.5. The van der Waals surface area contributed by atoms with Crippen molar-refractivity contribution in [2.24, 2.45) is 0 Å². The second kappa shape index (κ2) is 11.6. The monoisotopic (exact) mass is 541 g/mol. The van der Waals surface area contributed by atoms with Crippen molar-refractivity contribution in [2.45, 2.75) is 12.5 Å². The van der Waals surface area contributed by atoms with Crippen molar-refractivity contribution < 1.29 is 14.3 Å². The minimum absolute atomic E-state index is 0.350. The highest BCUT2D eigenvalue weighted by molar-refractivity contribution is 6.31. The lowest BCUT2D eigenvalue weighted by molar-refractivity contribution is -0.614. The molecule has 0 aliphatic heterocycles. The summed E-state index contributed by atoms with van der Waals surface area (Å²) in [5.74, 6) is 0. The molecule has 0 saturated carbocycles. The number of halogens is 1. The third kappa shape index (κ3) is 6.13. The second-order valence-corrected chi connectivity index (χ2v) is 9.10. The molecule has 0 aliphatic rings. The van der Waals surface area contributed by atoms with Gasteiger partial charge in [0.15, 0.2) is 6.20 Å². The van der Waals surface area contributed by atoms with Gasteiger partial charge in [-0.25, -0.2) is 4.79 Å². The van der Waals surface area contributed by atoms with Gasteiger partial charge in [-0.2, -0.15) is 9.41 Å². The summed E-state index contributed by atoms with van der Waals surface area (Å²) in [6.07, 6.45) is 3.03. The fraction of sp³-hybridized carbons (Fsp3) is 0.107. The molecular formula is C28H24ClN7O3. The normalized spacial score (nSPS) is 11.5. The van der Waals surface area contributed by atoms with Crippen LogP contribution in [-0.2, 0) is 11.2 Å². The van der Waals surface area contributed by atoms with Gasteiger partial charge in [-0.1, -0.05) is 41.9 Å². The molecule has 5 rings (SSSR count). The minimum atomic E-state index is -0.548. The smallest absolute Gasteiger partial charge is 0.411 e. The topological polar surface area (TPSA) is 121 Å². The summed E-state index contributed by atoms with van der Waals surface area (Å²) < 4.78 is 7.03. The van der Waals surface area contributed by atoms with Crippen LogP contribution in [0, 0.1) is 5.21 Å². The molecule has 0 radical (unpaired) electrons. The van der Waals surface area contributed by atoms with Gasteiger partial charge in [-0.05, 0) is 64.5 Å². The summed E-state index contributed by atoms with van der Waals surface area (Å²) in [6.45, 7) is 0. The largest absolute Gasteiger partial charge is 0.618 e. The molecule has 1 atom stereocenters. The van der Waals surface area contributed by atoms with Gasteiger partial charge in [0.1, 0.15) is 12.4 Å². The number of anilines is 2. The van der Waals surface area contributed by atoms with E-state index in [1.807, 2.05) is 48.5 Å². The number of tetrazole rings is 1. The first-order valence-electron chi connectivity index (χ1n) is 12.0. The van der Waals surface area contributed by atoms with E-state index in [-0.39, 0.29) is 6.04 Å². The molecule has 2 aromatic heterocycles. The molecular weight excluding hydrogens is 518 g/mol. The van der Waals surface area contributed by atoms with E-state index in [0.717, 1.165) is 16.0 Å². The number of hydrogen-bond acceptors (Lipinski definition) is 7. The van der Waals surface area contributed by atoms with Crippen LogP contribution < -0.4 is 15.4 Å². The standard InChI is InChI=1S/C28H24ClN7O3/c1-39-28(37)32-23-11-9-22(10-12-23)31-25(15-19-5-3-2-4-6-19)27-13-7-20(17-36(27)38)24-16-21(29)8-14-26(24)35-18-30-33-34-35/h2-14,16-18,25,31H,15H2,1H3,(H,32,37)/t25-/m0/s1. The molecule has 5 aromatic rings. The van der Waals surface area contributed by atoms with Gasteiger partial charge in [0.05, 0.1) is 12.8 Å². The average Bonchev–Trinajstić information content (AvgIpc) is 3.49. The third-order valence-electron chi connectivity index (χ3n) is 6.11. The van der Waals surface area contributed by atoms with Crippen LogP contribution in [0.3, 0.4) is 0 Å². The van der Waals surface area contributed by atoms with Gasteiger partial charge in [0, 0.05) is 40.0 Å². The highest BCUT2D eigenvalue weighted by Gasteiger charge is 2.22. The highest BCUT2D eigenvalue weighted by Crippen LogP contribution is 2.30. The molecule has 39 heavy (non-hydrogen) atoms. The van der Waals surface area contributed by atoms with Crippen molar-refractivity contribution in [1.82, 2.24) is 20.2 Å². The molecule has 0 fully saturated rings. The fourth-order valence-corrected chi connectivity index (χ4v) is 4.40. The fourth-order valence-electron chi connectivity index (χ4n) is 4.23. The molecule has 11 heteroatoms. The first-order valence-corrected chi connectivity index (χ1v) is 12.4. The van der Waals surface area contributed by atoms with Crippen molar-refractivity contribution in [3.05, 3.63) is 119 Å². The maximum absolute atomic E-state index is 13.5. The third-order valence-corrected chi connectivity index (χ3v) is 6.34. The first kappa shape index (κ1) is 25.7. The summed E-state index contributed by atoms with van der Waals surface area (Å²) in [4.78, 5) is 11.5. The molecule has 2 N–H and O–H groups in total. The molecule has 196 valence electrons. The predicted molar refractivity (Wildman–Crippen MR) is 148 cm³/mol. The number of ether oxygens (including phenoxy) is 1. The second-order valence-electron chi connectivity index (χ2n) is 8.66. The van der Waals surface area contributed by atoms with E-state index in [4.69, 9.17) is 11.6 Å². The zero-order valence-electron chi connectivity index (χ0n) is 20.9. The van der Waals surface area contributed by atoms with E-state index in [1.54, 1.807) is 36.4 Å². The van der Waals surface area contributed by atoms with E-state index < -0.39 is 6.09 Å². The predicted octanol–water partition coefficient (Wildman–Crippen LogP) is 5.19. The maximum Gasteiger partial charge on any atom is 0.411 e. The Bertz CT molecular complexity index is 1560. The van der Waals surface area contributed by atoms with Crippen LogP contribution in [0.25, 0.3) is 16.8 Å². The number of hydrogen-bond donors (Lipinski definition) is 2. The van der Waals surface area contributed by atoms with Gasteiger partial charge in [-0.3, -0.25) is 5.32 Å². The molecule has 0 unspecified atom stereocenters. The molecule has 1 amide bonds. The van der Waals surface area contributed by atoms with Crippen molar-refractivity contribution >= 4 is 29.1 Å². The number of nitrogens with one attached hydrogen (secondary N) is 2. The summed E-state index contributed by atoms with van der Waals surface area (Å²) in [5, 5.41) is 31.5. The summed E-state index contributed by atoms with van der Waals surface area (Å²) in [5.41, 5.74) is 5.05. The van der Waals surface area contributed by atoms with Gasteiger partial charge >= 0.3 is 6.09 Å². The lowest BCUT2D eigenvalue weighted by Crippen LogP contribution is -2.36. The quantitative estimate of drug-likeness (QED) is 0.205. The average molecular weight is 542 g/mol. The molecule has 0 saturated heterocycles. The van der Waals surface area contributed by atoms with Crippen LogP contribution in [0.4, 0.5) is 16.2 Å². The lowest BCUT2D eigenvalue weighted by Gasteiger charge is -2.20. The number of rotatable bonds is 8. The molecule has 0 aliphatic carbocycles. The minimum Gasteiger partial charge on any atom is -0.618 e. The number of pyridine rings is 1. The molecule has 0 bridgehead atoms. The number of amides is 1. The van der Waals surface area contributed by atoms with Crippen molar-refractivity contribution in [1.29, 1.82) is 0 Å². The number of aromatic nitrogens is 5. The molecule has 3 aromatic carbocycles. The Hall–Kier alpha value is -4.96. The Labute approximate surface area is 229 Å². The Balaban J connectivity index is 1.47. The molecule has 2 heterocycles.